The number of ether oxygens (including phenoxy) is 2. The molecule has 2 N–H and O–H groups in total. The van der Waals surface area contributed by atoms with E-state index in [0.717, 1.165) is 16.9 Å². The number of anilines is 1. The van der Waals surface area contributed by atoms with E-state index in [2.05, 4.69) is 20.2 Å². The minimum Gasteiger partial charge on any atom is -0.493 e. The van der Waals surface area contributed by atoms with Gasteiger partial charge in [0, 0.05) is 12.1 Å². The molecule has 0 bridgehead atoms. The highest BCUT2D eigenvalue weighted by molar-refractivity contribution is 7.91. The number of sulfonamides is 1. The molecule has 0 saturated heterocycles. The third-order valence-corrected chi connectivity index (χ3v) is 6.53. The Morgan fingerprint density at radius 3 is 2.60 bits per heavy atom. The number of nitrogens with one attached hydrogen (secondary N) is 2. The largest absolute Gasteiger partial charge is 0.493 e. The van der Waals surface area contributed by atoms with Crippen LogP contribution in [0.2, 0.25) is 0 Å². The summed E-state index contributed by atoms with van der Waals surface area (Å²) in [6, 6.07) is 14.1. The van der Waals surface area contributed by atoms with Gasteiger partial charge in [-0.15, -0.1) is 10.2 Å². The van der Waals surface area contributed by atoms with Crippen molar-refractivity contribution in [3.05, 3.63) is 59.7 Å². The van der Waals surface area contributed by atoms with Gasteiger partial charge in [0.15, 0.2) is 11.5 Å². The third-order valence-electron chi connectivity index (χ3n) is 3.86. The molecule has 0 fully saturated rings. The minimum absolute atomic E-state index is 0.0188. The first kappa shape index (κ1) is 21.7. The number of aromatic nitrogens is 2. The molecule has 0 atom stereocenters. The maximum Gasteiger partial charge on any atom is 0.269 e. The maximum absolute atomic E-state index is 12.4. The van der Waals surface area contributed by atoms with Crippen molar-refractivity contribution in [1.82, 2.24) is 14.9 Å². The van der Waals surface area contributed by atoms with Crippen molar-refractivity contribution in [2.24, 2.45) is 0 Å². The van der Waals surface area contributed by atoms with E-state index in [-0.39, 0.29) is 22.6 Å². The number of para-hydroxylation sites is 2. The zero-order valence-corrected chi connectivity index (χ0v) is 17.9. The van der Waals surface area contributed by atoms with Crippen molar-refractivity contribution in [3.63, 3.8) is 0 Å². The number of nitrogens with zero attached hydrogens (tertiary/aromatic N) is 2. The average Bonchev–Trinajstić information content (AvgIpc) is 3.21. The number of hydrogen-bond acceptors (Lipinski definition) is 8. The number of benzene rings is 2. The first-order chi connectivity index (χ1) is 14.4. The lowest BCUT2D eigenvalue weighted by Gasteiger charge is -2.10. The SMILES string of the molecule is COc1ccccc1OCCNS(=O)(=O)c1nnc(NC(=O)c2cccc(C)c2)s1. The van der Waals surface area contributed by atoms with Crippen LogP contribution in [0.1, 0.15) is 15.9 Å². The molecule has 158 valence electrons. The summed E-state index contributed by atoms with van der Waals surface area (Å²) in [5.41, 5.74) is 1.38. The lowest BCUT2D eigenvalue weighted by molar-refractivity contribution is 0.102. The summed E-state index contributed by atoms with van der Waals surface area (Å²) < 4.78 is 37.6. The van der Waals surface area contributed by atoms with Crippen molar-refractivity contribution in [2.45, 2.75) is 11.3 Å². The van der Waals surface area contributed by atoms with E-state index < -0.39 is 15.9 Å². The molecular weight excluding hydrogens is 428 g/mol. The topological polar surface area (TPSA) is 120 Å². The second kappa shape index (κ2) is 9.65. The summed E-state index contributed by atoms with van der Waals surface area (Å²) in [6.45, 7) is 1.98. The number of rotatable bonds is 9. The lowest BCUT2D eigenvalue weighted by Crippen LogP contribution is -2.28. The van der Waals surface area contributed by atoms with Gasteiger partial charge in [-0.3, -0.25) is 10.1 Å². The first-order valence-corrected chi connectivity index (χ1v) is 11.2. The van der Waals surface area contributed by atoms with Gasteiger partial charge in [0.05, 0.1) is 7.11 Å². The number of aryl methyl sites for hydroxylation is 1. The summed E-state index contributed by atoms with van der Waals surface area (Å²) in [5, 5.41) is 10.0. The Hall–Kier alpha value is -3.02. The lowest BCUT2D eigenvalue weighted by atomic mass is 10.1. The zero-order valence-electron chi connectivity index (χ0n) is 16.3. The molecule has 3 aromatic rings. The molecule has 0 unspecified atom stereocenters. The van der Waals surface area contributed by atoms with E-state index in [4.69, 9.17) is 9.47 Å². The fraction of sp³-hybridized carbons (Fsp3) is 0.211. The van der Waals surface area contributed by atoms with Crippen molar-refractivity contribution in [3.8, 4) is 11.5 Å². The van der Waals surface area contributed by atoms with E-state index in [1.165, 1.54) is 7.11 Å². The van der Waals surface area contributed by atoms with Crippen LogP contribution in [0.5, 0.6) is 11.5 Å². The highest BCUT2D eigenvalue weighted by Gasteiger charge is 2.21. The van der Waals surface area contributed by atoms with Crippen LogP contribution in [0.3, 0.4) is 0 Å². The predicted molar refractivity (Wildman–Crippen MR) is 113 cm³/mol. The van der Waals surface area contributed by atoms with Crippen LogP contribution in [0.4, 0.5) is 5.13 Å². The molecule has 1 amide bonds. The first-order valence-electron chi connectivity index (χ1n) is 8.86. The van der Waals surface area contributed by atoms with E-state index >= 15 is 0 Å². The Kier molecular flexibility index (Phi) is 6.98. The van der Waals surface area contributed by atoms with Crippen LogP contribution in [-0.2, 0) is 10.0 Å². The zero-order chi connectivity index (χ0) is 21.6. The number of hydrogen-bond donors (Lipinski definition) is 2. The molecule has 0 aliphatic rings. The highest BCUT2D eigenvalue weighted by Crippen LogP contribution is 2.25. The predicted octanol–water partition coefficient (Wildman–Crippen LogP) is 2.46. The van der Waals surface area contributed by atoms with E-state index in [0.29, 0.717) is 17.1 Å². The van der Waals surface area contributed by atoms with E-state index in [9.17, 15) is 13.2 Å². The molecular formula is C19H20N4O5S2. The second-order valence-corrected chi connectivity index (χ2v) is 9.01. The van der Waals surface area contributed by atoms with Gasteiger partial charge in [0.25, 0.3) is 15.9 Å². The van der Waals surface area contributed by atoms with Gasteiger partial charge in [-0.2, -0.15) is 0 Å². The van der Waals surface area contributed by atoms with E-state index in [1.807, 2.05) is 13.0 Å². The second-order valence-electron chi connectivity index (χ2n) is 6.09. The normalized spacial score (nSPS) is 11.1. The van der Waals surface area contributed by atoms with Gasteiger partial charge < -0.3 is 9.47 Å². The quantitative estimate of drug-likeness (QED) is 0.381. The number of methoxy groups -OCH3 is 1. The Labute approximate surface area is 178 Å². The highest BCUT2D eigenvalue weighted by atomic mass is 32.2. The van der Waals surface area contributed by atoms with E-state index in [1.54, 1.807) is 42.5 Å². The summed E-state index contributed by atoms with van der Waals surface area (Å²) in [4.78, 5) is 12.3. The van der Waals surface area contributed by atoms with Crippen LogP contribution in [0.25, 0.3) is 0 Å². The average molecular weight is 449 g/mol. The van der Waals surface area contributed by atoms with Crippen molar-refractivity contribution in [1.29, 1.82) is 0 Å². The van der Waals surface area contributed by atoms with Gasteiger partial charge >= 0.3 is 0 Å². The Morgan fingerprint density at radius 1 is 1.10 bits per heavy atom. The third kappa shape index (κ3) is 5.53. The van der Waals surface area contributed by atoms with Crippen LogP contribution in [0, 0.1) is 6.92 Å². The Balaban J connectivity index is 1.55. The smallest absolute Gasteiger partial charge is 0.269 e. The molecule has 0 spiro atoms. The van der Waals surface area contributed by atoms with Crippen LogP contribution < -0.4 is 19.5 Å². The Bertz CT molecular complexity index is 1130. The van der Waals surface area contributed by atoms with Crippen molar-refractivity contribution in [2.75, 3.05) is 25.6 Å². The summed E-state index contributed by atoms with van der Waals surface area (Å²) >= 11 is 0.762. The number of carbonyl (C=O) groups excluding carboxylic acids is 1. The molecule has 0 radical (unpaired) electrons. The summed E-state index contributed by atoms with van der Waals surface area (Å²) in [7, 11) is -2.36. The number of carbonyl (C=O) groups is 1. The molecule has 11 heteroatoms. The van der Waals surface area contributed by atoms with Gasteiger partial charge in [-0.1, -0.05) is 41.2 Å². The standard InChI is InChI=1S/C19H20N4O5S2/c1-13-6-5-7-14(12-13)17(24)21-18-22-23-19(29-18)30(25,26)20-10-11-28-16-9-4-3-8-15(16)27-2/h3-9,12,20H,10-11H2,1-2H3,(H,21,22,24). The molecule has 3 rings (SSSR count). The van der Waals surface area contributed by atoms with Gasteiger partial charge in [0.2, 0.25) is 9.47 Å². The van der Waals surface area contributed by atoms with Crippen LogP contribution >= 0.6 is 11.3 Å². The molecule has 0 saturated carbocycles. The molecule has 30 heavy (non-hydrogen) atoms. The molecule has 2 aromatic carbocycles. The van der Waals surface area contributed by atoms with Crippen molar-refractivity contribution >= 4 is 32.4 Å². The summed E-state index contributed by atoms with van der Waals surface area (Å²) in [5.74, 6) is 0.673. The minimum atomic E-state index is -3.88. The fourth-order valence-corrected chi connectivity index (χ4v) is 4.41. The molecule has 0 aliphatic carbocycles. The monoisotopic (exact) mass is 448 g/mol. The fourth-order valence-electron chi connectivity index (χ4n) is 2.46. The van der Waals surface area contributed by atoms with Crippen molar-refractivity contribution < 1.29 is 22.7 Å². The maximum atomic E-state index is 12.4. The van der Waals surface area contributed by atoms with Gasteiger partial charge in [0.1, 0.15) is 6.61 Å². The molecule has 1 heterocycles. The van der Waals surface area contributed by atoms with Crippen LogP contribution in [-0.4, -0.2) is 44.8 Å². The Morgan fingerprint density at radius 2 is 1.87 bits per heavy atom. The summed E-state index contributed by atoms with van der Waals surface area (Å²) in [6.07, 6.45) is 0. The number of amides is 1. The molecule has 0 aliphatic heterocycles. The molecule has 1 aromatic heterocycles. The van der Waals surface area contributed by atoms with Gasteiger partial charge in [-0.25, -0.2) is 13.1 Å². The van der Waals surface area contributed by atoms with Gasteiger partial charge in [-0.05, 0) is 31.2 Å². The molecule has 9 nitrogen and oxygen atoms in total. The van der Waals surface area contributed by atoms with Crippen LogP contribution in [0.15, 0.2) is 52.9 Å².